The van der Waals surface area contributed by atoms with Crippen molar-refractivity contribution in [2.45, 2.75) is 13.3 Å². The van der Waals surface area contributed by atoms with Crippen molar-refractivity contribution >= 4 is 0 Å². The average Bonchev–Trinajstić information content (AvgIpc) is 1.96. The van der Waals surface area contributed by atoms with Gasteiger partial charge in [-0.1, -0.05) is 0 Å². The van der Waals surface area contributed by atoms with Gasteiger partial charge >= 0.3 is 0 Å². The molecule has 1 rings (SSSR count). The second-order valence-electron chi connectivity index (χ2n) is 2.33. The highest BCUT2D eigenvalue weighted by atomic mass is 19.3. The number of aromatic nitrogens is 1. The van der Waals surface area contributed by atoms with E-state index < -0.39 is 23.4 Å². The molecule has 0 bridgehead atoms. The molecule has 1 aromatic rings. The third-order valence-corrected chi connectivity index (χ3v) is 1.44. The van der Waals surface area contributed by atoms with Gasteiger partial charge in [0.15, 0.2) is 0 Å². The standard InChI is InChI=1S/C7H6F3NO/c1-3-5(8)2-4(6(9)10)7(12)11-3/h2,6H,1H3,(H,11,12). The van der Waals surface area contributed by atoms with Crippen LogP contribution in [0.2, 0.25) is 0 Å². The summed E-state index contributed by atoms with van der Waals surface area (Å²) in [6.45, 7) is 1.30. The molecule has 0 atom stereocenters. The number of hydrogen-bond donors (Lipinski definition) is 1. The molecular weight excluding hydrogens is 171 g/mol. The first-order valence-electron chi connectivity index (χ1n) is 3.20. The summed E-state index contributed by atoms with van der Waals surface area (Å²) in [5.41, 5.74) is -1.81. The lowest BCUT2D eigenvalue weighted by Crippen LogP contribution is -2.15. The van der Waals surface area contributed by atoms with Gasteiger partial charge in [-0.15, -0.1) is 0 Å². The first-order chi connectivity index (χ1) is 5.52. The van der Waals surface area contributed by atoms with Gasteiger partial charge in [-0.3, -0.25) is 4.79 Å². The van der Waals surface area contributed by atoms with E-state index >= 15 is 0 Å². The van der Waals surface area contributed by atoms with Gasteiger partial charge < -0.3 is 4.98 Å². The molecule has 0 aliphatic rings. The van der Waals surface area contributed by atoms with Crippen LogP contribution in [0, 0.1) is 12.7 Å². The van der Waals surface area contributed by atoms with E-state index in [1.165, 1.54) is 6.92 Å². The zero-order valence-corrected chi connectivity index (χ0v) is 6.20. The van der Waals surface area contributed by atoms with Crippen LogP contribution in [0.5, 0.6) is 0 Å². The van der Waals surface area contributed by atoms with Crippen molar-refractivity contribution in [3.05, 3.63) is 33.5 Å². The maximum Gasteiger partial charge on any atom is 0.269 e. The Morgan fingerprint density at radius 1 is 1.50 bits per heavy atom. The van der Waals surface area contributed by atoms with Crippen LogP contribution in [0.3, 0.4) is 0 Å². The van der Waals surface area contributed by atoms with Gasteiger partial charge in [0.1, 0.15) is 5.82 Å². The van der Waals surface area contributed by atoms with Gasteiger partial charge in [-0.25, -0.2) is 13.2 Å². The number of aromatic amines is 1. The second-order valence-corrected chi connectivity index (χ2v) is 2.33. The predicted molar refractivity (Wildman–Crippen MR) is 36.7 cm³/mol. The minimum Gasteiger partial charge on any atom is -0.323 e. The van der Waals surface area contributed by atoms with Crippen LogP contribution >= 0.6 is 0 Å². The van der Waals surface area contributed by atoms with E-state index in [1.807, 2.05) is 4.98 Å². The monoisotopic (exact) mass is 177 g/mol. The zero-order valence-electron chi connectivity index (χ0n) is 6.20. The van der Waals surface area contributed by atoms with Crippen molar-refractivity contribution in [1.82, 2.24) is 4.98 Å². The van der Waals surface area contributed by atoms with Crippen LogP contribution in [0.4, 0.5) is 13.2 Å². The molecule has 0 spiro atoms. The summed E-state index contributed by atoms with van der Waals surface area (Å²) >= 11 is 0. The van der Waals surface area contributed by atoms with Crippen molar-refractivity contribution in [1.29, 1.82) is 0 Å². The molecule has 0 unspecified atom stereocenters. The van der Waals surface area contributed by atoms with E-state index in [9.17, 15) is 18.0 Å². The van der Waals surface area contributed by atoms with Crippen molar-refractivity contribution in [2.75, 3.05) is 0 Å². The third kappa shape index (κ3) is 1.49. The van der Waals surface area contributed by atoms with Crippen LogP contribution in [-0.2, 0) is 0 Å². The molecule has 5 heteroatoms. The summed E-state index contributed by atoms with van der Waals surface area (Å²) in [5, 5.41) is 0. The number of H-pyrrole nitrogens is 1. The topological polar surface area (TPSA) is 32.9 Å². The minimum atomic E-state index is -2.94. The minimum absolute atomic E-state index is 0.0376. The van der Waals surface area contributed by atoms with E-state index in [4.69, 9.17) is 0 Å². The van der Waals surface area contributed by atoms with E-state index in [0.29, 0.717) is 6.07 Å². The fourth-order valence-electron chi connectivity index (χ4n) is 0.775. The van der Waals surface area contributed by atoms with Crippen LogP contribution in [-0.4, -0.2) is 4.98 Å². The first kappa shape index (κ1) is 8.83. The molecular formula is C7H6F3NO. The molecule has 1 aromatic heterocycles. The van der Waals surface area contributed by atoms with Crippen LogP contribution < -0.4 is 5.56 Å². The molecule has 0 radical (unpaired) electrons. The zero-order chi connectivity index (χ0) is 9.30. The number of hydrogen-bond acceptors (Lipinski definition) is 1. The number of pyridine rings is 1. The Hall–Kier alpha value is -1.26. The maximum atomic E-state index is 12.6. The number of nitrogens with one attached hydrogen (secondary N) is 1. The lowest BCUT2D eigenvalue weighted by molar-refractivity contribution is 0.149. The largest absolute Gasteiger partial charge is 0.323 e. The number of alkyl halides is 2. The number of halogens is 3. The van der Waals surface area contributed by atoms with E-state index in [-0.39, 0.29) is 5.69 Å². The molecule has 1 N–H and O–H groups in total. The van der Waals surface area contributed by atoms with E-state index in [2.05, 4.69) is 0 Å². The summed E-state index contributed by atoms with van der Waals surface area (Å²) < 4.78 is 36.5. The predicted octanol–water partition coefficient (Wildman–Crippen LogP) is 1.76. The first-order valence-corrected chi connectivity index (χ1v) is 3.20. The Morgan fingerprint density at radius 3 is 2.58 bits per heavy atom. The summed E-state index contributed by atoms with van der Waals surface area (Å²) in [7, 11) is 0. The molecule has 0 aromatic carbocycles. The van der Waals surface area contributed by atoms with Gasteiger partial charge in [0, 0.05) is 0 Å². The summed E-state index contributed by atoms with van der Waals surface area (Å²) in [6.07, 6.45) is -2.94. The summed E-state index contributed by atoms with van der Waals surface area (Å²) in [4.78, 5) is 12.7. The average molecular weight is 177 g/mol. The van der Waals surface area contributed by atoms with E-state index in [0.717, 1.165) is 0 Å². The van der Waals surface area contributed by atoms with Crippen molar-refractivity contribution in [3.63, 3.8) is 0 Å². The molecule has 0 aliphatic carbocycles. The summed E-state index contributed by atoms with van der Waals surface area (Å²) in [5.74, 6) is -0.829. The molecule has 66 valence electrons. The molecule has 2 nitrogen and oxygen atoms in total. The highest BCUT2D eigenvalue weighted by molar-refractivity contribution is 5.16. The van der Waals surface area contributed by atoms with Crippen LogP contribution in [0.15, 0.2) is 10.9 Å². The smallest absolute Gasteiger partial charge is 0.269 e. The maximum absolute atomic E-state index is 12.6. The SMILES string of the molecule is Cc1[nH]c(=O)c(C(F)F)cc1F. The number of aryl methyl sites for hydroxylation is 1. The quantitative estimate of drug-likeness (QED) is 0.696. The van der Waals surface area contributed by atoms with Gasteiger partial charge in [0.05, 0.1) is 11.3 Å². The fourth-order valence-corrected chi connectivity index (χ4v) is 0.775. The molecule has 0 aliphatic heterocycles. The van der Waals surface area contributed by atoms with Crippen molar-refractivity contribution in [3.8, 4) is 0 Å². The van der Waals surface area contributed by atoms with Crippen molar-refractivity contribution < 1.29 is 13.2 Å². The normalized spacial score (nSPS) is 10.8. The molecule has 0 saturated heterocycles. The molecule has 12 heavy (non-hydrogen) atoms. The highest BCUT2D eigenvalue weighted by Crippen LogP contribution is 2.15. The Labute approximate surface area is 66.0 Å². The lowest BCUT2D eigenvalue weighted by atomic mass is 10.2. The lowest BCUT2D eigenvalue weighted by Gasteiger charge is -2.00. The Bertz CT molecular complexity index is 345. The number of rotatable bonds is 1. The van der Waals surface area contributed by atoms with Gasteiger partial charge in [0.25, 0.3) is 12.0 Å². The second kappa shape index (κ2) is 3.00. The molecule has 0 fully saturated rings. The Balaban J connectivity index is 3.33. The van der Waals surface area contributed by atoms with Gasteiger partial charge in [0.2, 0.25) is 0 Å². The van der Waals surface area contributed by atoms with Crippen LogP contribution in [0.25, 0.3) is 0 Å². The van der Waals surface area contributed by atoms with Crippen LogP contribution in [0.1, 0.15) is 17.7 Å². The van der Waals surface area contributed by atoms with Crippen molar-refractivity contribution in [2.24, 2.45) is 0 Å². The molecule has 0 amide bonds. The van der Waals surface area contributed by atoms with E-state index in [1.54, 1.807) is 0 Å². The van der Waals surface area contributed by atoms with Gasteiger partial charge in [-0.05, 0) is 13.0 Å². The summed E-state index contributed by atoms with van der Waals surface area (Å²) in [6, 6.07) is 0.554. The Kier molecular flexibility index (Phi) is 2.21. The molecule has 1 heterocycles. The Morgan fingerprint density at radius 2 is 2.08 bits per heavy atom. The molecule has 0 saturated carbocycles. The third-order valence-electron chi connectivity index (χ3n) is 1.44. The van der Waals surface area contributed by atoms with Gasteiger partial charge in [-0.2, -0.15) is 0 Å². The highest BCUT2D eigenvalue weighted by Gasteiger charge is 2.13. The fraction of sp³-hybridized carbons (Fsp3) is 0.286.